The fourth-order valence-corrected chi connectivity index (χ4v) is 1.22. The van der Waals surface area contributed by atoms with Gasteiger partial charge in [-0.1, -0.05) is 0 Å². The zero-order valence-corrected chi connectivity index (χ0v) is 9.34. The van der Waals surface area contributed by atoms with E-state index in [1.54, 1.807) is 0 Å². The summed E-state index contributed by atoms with van der Waals surface area (Å²) >= 11 is 0. The lowest BCUT2D eigenvalue weighted by atomic mass is 10.1. The molecule has 1 aromatic carbocycles. The molecule has 0 fully saturated rings. The lowest BCUT2D eigenvalue weighted by Crippen LogP contribution is -2.19. The van der Waals surface area contributed by atoms with Gasteiger partial charge in [0.25, 0.3) is 0 Å². The molecule has 0 radical (unpaired) electrons. The Morgan fingerprint density at radius 3 is 1.53 bits per heavy atom. The molecule has 0 aliphatic rings. The van der Waals surface area contributed by atoms with Gasteiger partial charge >= 0.3 is 12.7 Å². The van der Waals surface area contributed by atoms with E-state index in [0.717, 1.165) is 12.1 Å². The molecule has 1 N–H and O–H groups in total. The Kier molecular flexibility index (Phi) is 4.18. The molecular formula is C10H8F6O3. The van der Waals surface area contributed by atoms with Gasteiger partial charge in [-0.05, 0) is 24.6 Å². The highest BCUT2D eigenvalue weighted by Gasteiger charge is 2.34. The molecular weight excluding hydrogens is 282 g/mol. The van der Waals surface area contributed by atoms with Gasteiger partial charge in [-0.3, -0.25) is 0 Å². The van der Waals surface area contributed by atoms with E-state index in [0.29, 0.717) is 6.07 Å². The second-order valence-electron chi connectivity index (χ2n) is 3.51. The number of halogens is 6. The van der Waals surface area contributed by atoms with E-state index in [4.69, 9.17) is 0 Å². The van der Waals surface area contributed by atoms with Crippen LogP contribution in [-0.2, 0) is 0 Å². The summed E-state index contributed by atoms with van der Waals surface area (Å²) < 4.78 is 79.0. The van der Waals surface area contributed by atoms with Crippen molar-refractivity contribution < 1.29 is 40.9 Å². The molecule has 0 aliphatic carbocycles. The van der Waals surface area contributed by atoms with Crippen molar-refractivity contribution in [1.82, 2.24) is 0 Å². The second kappa shape index (κ2) is 5.16. The first-order valence-corrected chi connectivity index (χ1v) is 4.81. The van der Waals surface area contributed by atoms with Crippen LogP contribution in [0.3, 0.4) is 0 Å². The number of ether oxygens (including phenoxy) is 2. The Morgan fingerprint density at radius 1 is 0.895 bits per heavy atom. The molecule has 0 amide bonds. The molecule has 19 heavy (non-hydrogen) atoms. The molecule has 1 unspecified atom stereocenters. The molecule has 0 saturated heterocycles. The Bertz CT molecular complexity index is 404. The van der Waals surface area contributed by atoms with Crippen LogP contribution in [-0.4, -0.2) is 17.8 Å². The highest BCUT2D eigenvalue weighted by atomic mass is 19.4. The van der Waals surface area contributed by atoms with Crippen LogP contribution in [0.5, 0.6) is 11.5 Å². The number of benzene rings is 1. The second-order valence-corrected chi connectivity index (χ2v) is 3.51. The van der Waals surface area contributed by atoms with Gasteiger partial charge in [0.15, 0.2) is 0 Å². The SMILES string of the molecule is CC(O)c1cc(OC(F)(F)F)cc(OC(F)(F)F)c1. The third-order valence-electron chi connectivity index (χ3n) is 1.85. The van der Waals surface area contributed by atoms with Crippen LogP contribution in [0.4, 0.5) is 26.3 Å². The topological polar surface area (TPSA) is 38.7 Å². The minimum Gasteiger partial charge on any atom is -0.406 e. The highest BCUT2D eigenvalue weighted by molar-refractivity contribution is 5.39. The highest BCUT2D eigenvalue weighted by Crippen LogP contribution is 2.32. The maximum atomic E-state index is 12.0. The van der Waals surface area contributed by atoms with Crippen LogP contribution >= 0.6 is 0 Å². The summed E-state index contributed by atoms with van der Waals surface area (Å²) in [6, 6.07) is 1.95. The summed E-state index contributed by atoms with van der Waals surface area (Å²) in [6.45, 7) is 1.17. The minimum atomic E-state index is -5.06. The normalized spacial score (nSPS) is 14.1. The number of aliphatic hydroxyl groups is 1. The predicted octanol–water partition coefficient (Wildman–Crippen LogP) is 3.54. The molecule has 0 aliphatic heterocycles. The van der Waals surface area contributed by atoms with Crippen LogP contribution in [0.15, 0.2) is 18.2 Å². The first-order chi connectivity index (χ1) is 8.46. The number of hydrogen-bond donors (Lipinski definition) is 1. The maximum absolute atomic E-state index is 12.0. The van der Waals surface area contributed by atoms with E-state index < -0.39 is 30.3 Å². The molecule has 0 bridgehead atoms. The standard InChI is InChI=1S/C10H8F6O3/c1-5(17)6-2-7(18-9(11,12)13)4-8(3-6)19-10(14,15)16/h2-5,17H,1H3. The average molecular weight is 290 g/mol. The van der Waals surface area contributed by atoms with Crippen molar-refractivity contribution in [2.24, 2.45) is 0 Å². The molecule has 1 rings (SSSR count). The smallest absolute Gasteiger partial charge is 0.406 e. The summed E-state index contributed by atoms with van der Waals surface area (Å²) in [5, 5.41) is 9.20. The van der Waals surface area contributed by atoms with Crippen molar-refractivity contribution in [1.29, 1.82) is 0 Å². The summed E-state index contributed by atoms with van der Waals surface area (Å²) in [5.41, 5.74) is -0.207. The van der Waals surface area contributed by atoms with E-state index in [1.807, 2.05) is 0 Å². The van der Waals surface area contributed by atoms with Gasteiger partial charge in [0.2, 0.25) is 0 Å². The minimum absolute atomic E-state index is 0.207. The molecule has 0 aromatic heterocycles. The molecule has 1 atom stereocenters. The van der Waals surface area contributed by atoms with E-state index in [9.17, 15) is 31.4 Å². The summed E-state index contributed by atoms with van der Waals surface area (Å²) in [4.78, 5) is 0. The lowest BCUT2D eigenvalue weighted by Gasteiger charge is -2.15. The molecule has 9 heteroatoms. The fourth-order valence-electron chi connectivity index (χ4n) is 1.22. The van der Waals surface area contributed by atoms with E-state index in [2.05, 4.69) is 9.47 Å². The van der Waals surface area contributed by atoms with E-state index >= 15 is 0 Å². The first kappa shape index (κ1) is 15.4. The molecule has 0 spiro atoms. The van der Waals surface area contributed by atoms with Gasteiger partial charge in [-0.25, -0.2) is 0 Å². The quantitative estimate of drug-likeness (QED) is 0.865. The predicted molar refractivity (Wildman–Crippen MR) is 50.4 cm³/mol. The number of rotatable bonds is 3. The van der Waals surface area contributed by atoms with Crippen LogP contribution in [0.25, 0.3) is 0 Å². The van der Waals surface area contributed by atoms with Crippen LogP contribution < -0.4 is 9.47 Å². The monoisotopic (exact) mass is 290 g/mol. The van der Waals surface area contributed by atoms with Gasteiger partial charge in [-0.15, -0.1) is 26.3 Å². The zero-order valence-electron chi connectivity index (χ0n) is 9.34. The molecule has 108 valence electrons. The Hall–Kier alpha value is -1.64. The maximum Gasteiger partial charge on any atom is 0.573 e. The molecule has 0 heterocycles. The molecule has 3 nitrogen and oxygen atoms in total. The Labute approximate surface area is 103 Å². The average Bonchev–Trinajstić information content (AvgIpc) is 2.10. The molecule has 1 aromatic rings. The van der Waals surface area contributed by atoms with Gasteiger partial charge in [0.1, 0.15) is 11.5 Å². The van der Waals surface area contributed by atoms with Gasteiger partial charge in [0.05, 0.1) is 6.10 Å². The van der Waals surface area contributed by atoms with Crippen molar-refractivity contribution >= 4 is 0 Å². The fraction of sp³-hybridized carbons (Fsp3) is 0.400. The van der Waals surface area contributed by atoms with Crippen LogP contribution in [0, 0.1) is 0 Å². The van der Waals surface area contributed by atoms with Gasteiger partial charge < -0.3 is 14.6 Å². The summed E-state index contributed by atoms with van der Waals surface area (Å²) in [5.74, 6) is -1.82. The lowest BCUT2D eigenvalue weighted by molar-refractivity contribution is -0.276. The third-order valence-corrected chi connectivity index (χ3v) is 1.85. The Morgan fingerprint density at radius 2 is 1.26 bits per heavy atom. The van der Waals surface area contributed by atoms with Crippen molar-refractivity contribution in [2.75, 3.05) is 0 Å². The van der Waals surface area contributed by atoms with Crippen molar-refractivity contribution in [3.05, 3.63) is 23.8 Å². The largest absolute Gasteiger partial charge is 0.573 e. The number of alkyl halides is 6. The zero-order chi connectivity index (χ0) is 14.8. The Balaban J connectivity index is 3.11. The van der Waals surface area contributed by atoms with Crippen molar-refractivity contribution in [3.8, 4) is 11.5 Å². The number of aliphatic hydroxyl groups excluding tert-OH is 1. The number of hydrogen-bond acceptors (Lipinski definition) is 3. The molecule has 0 saturated carbocycles. The third kappa shape index (κ3) is 5.69. The van der Waals surface area contributed by atoms with Crippen molar-refractivity contribution in [2.45, 2.75) is 25.8 Å². The van der Waals surface area contributed by atoms with Crippen molar-refractivity contribution in [3.63, 3.8) is 0 Å². The summed E-state index contributed by atoms with van der Waals surface area (Å²) in [6.07, 6.45) is -11.4. The summed E-state index contributed by atoms with van der Waals surface area (Å²) in [7, 11) is 0. The van der Waals surface area contributed by atoms with Gasteiger partial charge in [-0.2, -0.15) is 0 Å². The van der Waals surface area contributed by atoms with Gasteiger partial charge in [0, 0.05) is 6.07 Å². The van der Waals surface area contributed by atoms with Crippen LogP contribution in [0.2, 0.25) is 0 Å². The van der Waals surface area contributed by atoms with E-state index in [-0.39, 0.29) is 5.56 Å². The van der Waals surface area contributed by atoms with Crippen LogP contribution in [0.1, 0.15) is 18.6 Å². The first-order valence-electron chi connectivity index (χ1n) is 4.81. The van der Waals surface area contributed by atoms with E-state index in [1.165, 1.54) is 6.92 Å².